The zero-order valence-corrected chi connectivity index (χ0v) is 15.9. The largest absolute Gasteiger partial charge is 0.381 e. The van der Waals surface area contributed by atoms with E-state index in [1.807, 2.05) is 0 Å². The third kappa shape index (κ3) is 3.32. The molecule has 0 aromatic heterocycles. The van der Waals surface area contributed by atoms with Crippen molar-refractivity contribution in [1.82, 2.24) is 0 Å². The average Bonchev–Trinajstić information content (AvgIpc) is 2.61. The molecule has 1 aliphatic carbocycles. The smallest absolute Gasteiger partial charge is 0.0892 e. The summed E-state index contributed by atoms with van der Waals surface area (Å²) >= 11 is 0. The van der Waals surface area contributed by atoms with Crippen LogP contribution in [-0.2, 0) is 4.74 Å². The lowest BCUT2D eigenvalue weighted by molar-refractivity contribution is -0.0458. The molecule has 2 nitrogen and oxygen atoms in total. The van der Waals surface area contributed by atoms with Gasteiger partial charge in [-0.05, 0) is 49.1 Å². The Kier molecular flexibility index (Phi) is 5.77. The van der Waals surface area contributed by atoms with Gasteiger partial charge in [0.25, 0.3) is 0 Å². The van der Waals surface area contributed by atoms with E-state index in [-0.39, 0.29) is 12.4 Å². The van der Waals surface area contributed by atoms with Crippen LogP contribution in [0, 0.1) is 11.8 Å². The number of anilines is 1. The Morgan fingerprint density at radius 2 is 1.83 bits per heavy atom. The van der Waals surface area contributed by atoms with E-state index in [9.17, 15) is 0 Å². The van der Waals surface area contributed by atoms with Gasteiger partial charge in [0.1, 0.15) is 0 Å². The highest BCUT2D eigenvalue weighted by atomic mass is 35.5. The zero-order chi connectivity index (χ0) is 15.8. The number of benzene rings is 1. The third-order valence-corrected chi connectivity index (χ3v) is 6.36. The Bertz CT molecular complexity index is 553. The minimum Gasteiger partial charge on any atom is -0.381 e. The predicted molar refractivity (Wildman–Crippen MR) is 103 cm³/mol. The second-order valence-corrected chi connectivity index (χ2v) is 8.17. The fraction of sp³-hybridized carbons (Fsp3) is 0.714. The van der Waals surface area contributed by atoms with Crippen molar-refractivity contribution in [2.45, 2.75) is 76.9 Å². The van der Waals surface area contributed by atoms with E-state index in [1.54, 1.807) is 0 Å². The molecule has 3 heteroatoms. The van der Waals surface area contributed by atoms with Crippen molar-refractivity contribution in [1.29, 1.82) is 0 Å². The summed E-state index contributed by atoms with van der Waals surface area (Å²) in [4.78, 5) is 0. The van der Waals surface area contributed by atoms with Gasteiger partial charge in [-0.1, -0.05) is 45.2 Å². The minimum atomic E-state index is 0. The summed E-state index contributed by atoms with van der Waals surface area (Å²) in [5, 5.41) is 3.95. The van der Waals surface area contributed by atoms with Gasteiger partial charge in [0, 0.05) is 29.8 Å². The minimum absolute atomic E-state index is 0. The number of hydrogen-bond donors (Lipinski definition) is 1. The van der Waals surface area contributed by atoms with Crippen LogP contribution in [0.4, 0.5) is 5.69 Å². The normalized spacial score (nSPS) is 30.0. The summed E-state index contributed by atoms with van der Waals surface area (Å²) in [6.07, 6.45) is 9.95. The second kappa shape index (κ2) is 7.66. The first kappa shape index (κ1) is 18.1. The standard InChI is InChI=1S/C21H31NO.ClH/c1-14(2)16-10-11-19-18(13-16)21-17(9-6-12-23-21)20(22-19)15-7-4-3-5-8-15;/h10-11,13-15,17,20-22H,3-9,12H2,1-2H3;1H/t17-,20+,21-;/m0./s1. The molecule has 1 saturated carbocycles. The highest BCUT2D eigenvalue weighted by Crippen LogP contribution is 2.48. The predicted octanol–water partition coefficient (Wildman–Crippen LogP) is 6.07. The van der Waals surface area contributed by atoms with Crippen molar-refractivity contribution in [3.05, 3.63) is 29.3 Å². The van der Waals surface area contributed by atoms with Gasteiger partial charge in [-0.2, -0.15) is 0 Å². The van der Waals surface area contributed by atoms with Gasteiger partial charge in [-0.3, -0.25) is 0 Å². The van der Waals surface area contributed by atoms with Crippen LogP contribution in [0.1, 0.15) is 81.9 Å². The summed E-state index contributed by atoms with van der Waals surface area (Å²) in [6, 6.07) is 7.65. The van der Waals surface area contributed by atoms with Gasteiger partial charge in [0.15, 0.2) is 0 Å². The van der Waals surface area contributed by atoms with Crippen molar-refractivity contribution in [2.24, 2.45) is 11.8 Å². The van der Waals surface area contributed by atoms with E-state index in [4.69, 9.17) is 4.74 Å². The lowest BCUT2D eigenvalue weighted by Gasteiger charge is -2.47. The van der Waals surface area contributed by atoms with Crippen molar-refractivity contribution >= 4 is 18.1 Å². The van der Waals surface area contributed by atoms with Gasteiger partial charge in [0.2, 0.25) is 0 Å². The van der Waals surface area contributed by atoms with Crippen molar-refractivity contribution < 1.29 is 4.74 Å². The molecule has 1 N–H and O–H groups in total. The van der Waals surface area contributed by atoms with E-state index in [2.05, 4.69) is 37.4 Å². The summed E-state index contributed by atoms with van der Waals surface area (Å²) in [5.74, 6) is 2.09. The number of nitrogens with one attached hydrogen (secondary N) is 1. The molecule has 3 atom stereocenters. The Morgan fingerprint density at radius 1 is 1.04 bits per heavy atom. The Labute approximate surface area is 153 Å². The van der Waals surface area contributed by atoms with Gasteiger partial charge in [0.05, 0.1) is 6.10 Å². The van der Waals surface area contributed by atoms with Gasteiger partial charge >= 0.3 is 0 Å². The quantitative estimate of drug-likeness (QED) is 0.699. The van der Waals surface area contributed by atoms with Crippen LogP contribution in [0.15, 0.2) is 18.2 Å². The molecule has 3 aliphatic rings. The summed E-state index contributed by atoms with van der Waals surface area (Å²) in [5.41, 5.74) is 4.20. The van der Waals surface area contributed by atoms with Crippen LogP contribution in [0.3, 0.4) is 0 Å². The molecule has 0 unspecified atom stereocenters. The molecule has 0 bridgehead atoms. The van der Waals surface area contributed by atoms with Crippen LogP contribution in [-0.4, -0.2) is 12.6 Å². The van der Waals surface area contributed by atoms with E-state index in [0.717, 1.165) is 12.5 Å². The van der Waals surface area contributed by atoms with Gasteiger partial charge < -0.3 is 10.1 Å². The molecule has 0 spiro atoms. The molecule has 2 heterocycles. The molecule has 2 fully saturated rings. The van der Waals surface area contributed by atoms with Crippen LogP contribution in [0.2, 0.25) is 0 Å². The second-order valence-electron chi connectivity index (χ2n) is 8.17. The first-order chi connectivity index (χ1) is 11.2. The fourth-order valence-corrected chi connectivity index (χ4v) is 5.05. The van der Waals surface area contributed by atoms with Crippen molar-refractivity contribution in [3.63, 3.8) is 0 Å². The number of hydrogen-bond acceptors (Lipinski definition) is 2. The Balaban J connectivity index is 0.00000169. The molecular formula is C21H32ClNO. The molecule has 4 rings (SSSR count). The summed E-state index contributed by atoms with van der Waals surface area (Å²) in [7, 11) is 0. The monoisotopic (exact) mass is 349 g/mol. The molecule has 134 valence electrons. The van der Waals surface area contributed by atoms with Crippen LogP contribution >= 0.6 is 12.4 Å². The third-order valence-electron chi connectivity index (χ3n) is 6.36. The number of ether oxygens (including phenoxy) is 1. The molecular weight excluding hydrogens is 318 g/mol. The SMILES string of the molecule is CC(C)c1ccc2c(c1)[C@H]1OCCC[C@H]1[C@@H](C1CCCCC1)N2.Cl. The molecule has 0 amide bonds. The van der Waals surface area contributed by atoms with E-state index in [0.29, 0.717) is 24.0 Å². The molecule has 24 heavy (non-hydrogen) atoms. The highest BCUT2D eigenvalue weighted by molar-refractivity contribution is 5.85. The molecule has 1 aromatic rings. The first-order valence-corrected chi connectivity index (χ1v) is 9.76. The molecule has 1 saturated heterocycles. The summed E-state index contributed by atoms with van der Waals surface area (Å²) < 4.78 is 6.32. The molecule has 0 radical (unpaired) electrons. The highest BCUT2D eigenvalue weighted by Gasteiger charge is 2.42. The maximum absolute atomic E-state index is 6.32. The fourth-order valence-electron chi connectivity index (χ4n) is 5.05. The molecule has 2 aliphatic heterocycles. The van der Waals surface area contributed by atoms with Crippen LogP contribution in [0.5, 0.6) is 0 Å². The van der Waals surface area contributed by atoms with Crippen LogP contribution in [0.25, 0.3) is 0 Å². The topological polar surface area (TPSA) is 21.3 Å². The van der Waals surface area contributed by atoms with Crippen LogP contribution < -0.4 is 5.32 Å². The zero-order valence-electron chi connectivity index (χ0n) is 15.1. The molecule has 1 aromatic carbocycles. The Morgan fingerprint density at radius 3 is 2.58 bits per heavy atom. The van der Waals surface area contributed by atoms with E-state index in [1.165, 1.54) is 61.8 Å². The van der Waals surface area contributed by atoms with E-state index >= 15 is 0 Å². The first-order valence-electron chi connectivity index (χ1n) is 9.76. The lowest BCUT2D eigenvalue weighted by Crippen LogP contribution is -2.46. The lowest BCUT2D eigenvalue weighted by atomic mass is 9.71. The average molecular weight is 350 g/mol. The maximum Gasteiger partial charge on any atom is 0.0892 e. The van der Waals surface area contributed by atoms with E-state index < -0.39 is 0 Å². The van der Waals surface area contributed by atoms with Gasteiger partial charge in [-0.25, -0.2) is 0 Å². The number of rotatable bonds is 2. The van der Waals surface area contributed by atoms with Crippen molar-refractivity contribution in [3.8, 4) is 0 Å². The maximum atomic E-state index is 6.32. The van der Waals surface area contributed by atoms with Crippen molar-refractivity contribution in [2.75, 3.05) is 11.9 Å². The number of halogens is 1. The Hall–Kier alpha value is -0.730. The van der Waals surface area contributed by atoms with Gasteiger partial charge in [-0.15, -0.1) is 12.4 Å². The summed E-state index contributed by atoms with van der Waals surface area (Å²) in [6.45, 7) is 5.49. The number of fused-ring (bicyclic) bond motifs is 3.